The molecule has 0 spiro atoms. The molecule has 0 aromatic rings. The molecule has 0 radical (unpaired) electrons. The Bertz CT molecular complexity index is 238. The highest BCUT2D eigenvalue weighted by Crippen LogP contribution is 2.34. The average Bonchev–Trinajstić information content (AvgIpc) is 2.96. The molecule has 3 atom stereocenters. The van der Waals surface area contributed by atoms with Gasteiger partial charge in [-0.3, -0.25) is 4.79 Å². The molecule has 0 aliphatic heterocycles. The van der Waals surface area contributed by atoms with Crippen molar-refractivity contribution in [1.29, 1.82) is 0 Å². The largest absolute Gasteiger partial charge is 0.353 e. The Labute approximate surface area is 91.8 Å². The standard InChI is InChI=1S/C12H22N2O/c1-8(9-5-6-9)14-12(15)11-4-2-3-10(11)7-13/h8-11H,2-7,13H2,1H3,(H,14,15)/t8?,10-,11-/m1/s1. The van der Waals surface area contributed by atoms with Crippen LogP contribution in [0.15, 0.2) is 0 Å². The van der Waals surface area contributed by atoms with Gasteiger partial charge in [0.25, 0.3) is 0 Å². The van der Waals surface area contributed by atoms with Gasteiger partial charge in [-0.1, -0.05) is 6.42 Å². The fraction of sp³-hybridized carbons (Fsp3) is 0.917. The molecule has 1 amide bonds. The van der Waals surface area contributed by atoms with Gasteiger partial charge in [0.1, 0.15) is 0 Å². The van der Waals surface area contributed by atoms with Crippen LogP contribution in [0, 0.1) is 17.8 Å². The molecular weight excluding hydrogens is 188 g/mol. The van der Waals surface area contributed by atoms with Crippen molar-refractivity contribution in [1.82, 2.24) is 5.32 Å². The summed E-state index contributed by atoms with van der Waals surface area (Å²) in [6.07, 6.45) is 5.90. The van der Waals surface area contributed by atoms with Crippen LogP contribution < -0.4 is 11.1 Å². The summed E-state index contributed by atoms with van der Waals surface area (Å²) in [6, 6.07) is 0.372. The van der Waals surface area contributed by atoms with Gasteiger partial charge in [0.2, 0.25) is 5.91 Å². The molecular formula is C12H22N2O. The second-order valence-electron chi connectivity index (χ2n) is 5.17. The summed E-state index contributed by atoms with van der Waals surface area (Å²) in [6.45, 7) is 2.79. The van der Waals surface area contributed by atoms with E-state index in [1.807, 2.05) is 0 Å². The van der Waals surface area contributed by atoms with Crippen LogP contribution in [0.1, 0.15) is 39.0 Å². The zero-order valence-corrected chi connectivity index (χ0v) is 9.54. The molecule has 2 fully saturated rings. The van der Waals surface area contributed by atoms with Crippen LogP contribution in [-0.2, 0) is 4.79 Å². The van der Waals surface area contributed by atoms with E-state index in [1.54, 1.807) is 0 Å². The van der Waals surface area contributed by atoms with Crippen LogP contribution in [0.25, 0.3) is 0 Å². The lowest BCUT2D eigenvalue weighted by Gasteiger charge is -2.20. The van der Waals surface area contributed by atoms with Crippen molar-refractivity contribution < 1.29 is 4.79 Å². The summed E-state index contributed by atoms with van der Waals surface area (Å²) in [5, 5.41) is 3.15. The van der Waals surface area contributed by atoms with Gasteiger partial charge in [-0.2, -0.15) is 0 Å². The molecule has 0 heterocycles. The number of hydrogen-bond donors (Lipinski definition) is 2. The van der Waals surface area contributed by atoms with E-state index in [-0.39, 0.29) is 11.8 Å². The minimum atomic E-state index is 0.191. The fourth-order valence-corrected chi connectivity index (χ4v) is 2.71. The van der Waals surface area contributed by atoms with E-state index in [1.165, 1.54) is 12.8 Å². The second kappa shape index (κ2) is 4.52. The summed E-state index contributed by atoms with van der Waals surface area (Å²) in [5.74, 6) is 1.61. The summed E-state index contributed by atoms with van der Waals surface area (Å²) in [5.41, 5.74) is 5.68. The highest BCUT2D eigenvalue weighted by molar-refractivity contribution is 5.79. The molecule has 2 rings (SSSR count). The minimum absolute atomic E-state index is 0.191. The Hall–Kier alpha value is -0.570. The molecule has 3 heteroatoms. The van der Waals surface area contributed by atoms with E-state index in [9.17, 15) is 4.79 Å². The smallest absolute Gasteiger partial charge is 0.223 e. The van der Waals surface area contributed by atoms with Crippen molar-refractivity contribution in [2.24, 2.45) is 23.5 Å². The lowest BCUT2D eigenvalue weighted by molar-refractivity contribution is -0.126. The predicted octanol–water partition coefficient (Wildman–Crippen LogP) is 1.28. The first-order valence-electron chi connectivity index (χ1n) is 6.22. The molecule has 2 aliphatic rings. The van der Waals surface area contributed by atoms with E-state index < -0.39 is 0 Å². The van der Waals surface area contributed by atoms with Gasteiger partial charge in [-0.25, -0.2) is 0 Å². The molecule has 3 nitrogen and oxygen atoms in total. The number of nitrogens with one attached hydrogen (secondary N) is 1. The number of nitrogens with two attached hydrogens (primary N) is 1. The molecule has 3 N–H and O–H groups in total. The van der Waals surface area contributed by atoms with Crippen LogP contribution in [0.5, 0.6) is 0 Å². The molecule has 2 saturated carbocycles. The lowest BCUT2D eigenvalue weighted by atomic mass is 9.95. The SMILES string of the molecule is CC(NC(=O)[C@@H]1CCC[C@@H]1CN)C1CC1. The highest BCUT2D eigenvalue weighted by Gasteiger charge is 2.35. The first kappa shape index (κ1) is 10.9. The van der Waals surface area contributed by atoms with E-state index in [2.05, 4.69) is 12.2 Å². The third-order valence-electron chi connectivity index (χ3n) is 4.00. The zero-order valence-electron chi connectivity index (χ0n) is 9.54. The molecule has 15 heavy (non-hydrogen) atoms. The third-order valence-corrected chi connectivity index (χ3v) is 4.00. The van der Waals surface area contributed by atoms with Gasteiger partial charge in [0.15, 0.2) is 0 Å². The van der Waals surface area contributed by atoms with Crippen molar-refractivity contribution in [3.8, 4) is 0 Å². The highest BCUT2D eigenvalue weighted by atomic mass is 16.2. The normalized spacial score (nSPS) is 32.7. The van der Waals surface area contributed by atoms with Gasteiger partial charge < -0.3 is 11.1 Å². The minimum Gasteiger partial charge on any atom is -0.353 e. The van der Waals surface area contributed by atoms with Crippen LogP contribution in [-0.4, -0.2) is 18.5 Å². The van der Waals surface area contributed by atoms with Crippen LogP contribution >= 0.6 is 0 Å². The van der Waals surface area contributed by atoms with Gasteiger partial charge in [-0.05, 0) is 51.0 Å². The van der Waals surface area contributed by atoms with Crippen molar-refractivity contribution in [2.75, 3.05) is 6.54 Å². The third kappa shape index (κ3) is 2.51. The maximum absolute atomic E-state index is 12.0. The molecule has 0 saturated heterocycles. The Kier molecular flexibility index (Phi) is 3.29. The number of amides is 1. The van der Waals surface area contributed by atoms with Crippen molar-refractivity contribution in [2.45, 2.75) is 45.1 Å². The quantitative estimate of drug-likeness (QED) is 0.734. The van der Waals surface area contributed by atoms with Crippen LogP contribution in [0.2, 0.25) is 0 Å². The molecule has 0 aromatic heterocycles. The molecule has 1 unspecified atom stereocenters. The maximum atomic E-state index is 12.0. The van der Waals surface area contributed by atoms with Crippen molar-refractivity contribution >= 4 is 5.91 Å². The Morgan fingerprint density at radius 3 is 2.73 bits per heavy atom. The van der Waals surface area contributed by atoms with Crippen LogP contribution in [0.4, 0.5) is 0 Å². The fourth-order valence-electron chi connectivity index (χ4n) is 2.71. The maximum Gasteiger partial charge on any atom is 0.223 e. The Balaban J connectivity index is 1.83. The van der Waals surface area contributed by atoms with E-state index >= 15 is 0 Å². The van der Waals surface area contributed by atoms with E-state index in [4.69, 9.17) is 5.73 Å². The van der Waals surface area contributed by atoms with Gasteiger partial charge >= 0.3 is 0 Å². The molecule has 0 aromatic carbocycles. The Morgan fingerprint density at radius 1 is 1.40 bits per heavy atom. The number of carbonyl (C=O) groups is 1. The van der Waals surface area contributed by atoms with E-state index in [0.717, 1.165) is 25.2 Å². The monoisotopic (exact) mass is 210 g/mol. The van der Waals surface area contributed by atoms with E-state index in [0.29, 0.717) is 18.5 Å². The predicted molar refractivity (Wildman–Crippen MR) is 60.2 cm³/mol. The number of carbonyl (C=O) groups excluding carboxylic acids is 1. The number of hydrogen-bond acceptors (Lipinski definition) is 2. The summed E-state index contributed by atoms with van der Waals surface area (Å²) < 4.78 is 0. The van der Waals surface area contributed by atoms with Crippen molar-refractivity contribution in [3.05, 3.63) is 0 Å². The molecule has 2 aliphatic carbocycles. The summed E-state index contributed by atoms with van der Waals surface area (Å²) >= 11 is 0. The summed E-state index contributed by atoms with van der Waals surface area (Å²) in [4.78, 5) is 12.0. The second-order valence-corrected chi connectivity index (χ2v) is 5.17. The lowest BCUT2D eigenvalue weighted by Crippen LogP contribution is -2.40. The molecule has 0 bridgehead atoms. The number of rotatable bonds is 4. The summed E-state index contributed by atoms with van der Waals surface area (Å²) in [7, 11) is 0. The van der Waals surface area contributed by atoms with Crippen molar-refractivity contribution in [3.63, 3.8) is 0 Å². The van der Waals surface area contributed by atoms with Gasteiger partial charge in [0, 0.05) is 12.0 Å². The topological polar surface area (TPSA) is 55.1 Å². The zero-order chi connectivity index (χ0) is 10.8. The Morgan fingerprint density at radius 2 is 2.13 bits per heavy atom. The van der Waals surface area contributed by atoms with Crippen LogP contribution in [0.3, 0.4) is 0 Å². The molecule has 86 valence electrons. The van der Waals surface area contributed by atoms with Gasteiger partial charge in [0.05, 0.1) is 0 Å². The first-order chi connectivity index (χ1) is 7.22. The van der Waals surface area contributed by atoms with Gasteiger partial charge in [-0.15, -0.1) is 0 Å². The first-order valence-corrected chi connectivity index (χ1v) is 6.22. The average molecular weight is 210 g/mol.